The lowest BCUT2D eigenvalue weighted by atomic mass is 10.5. The second kappa shape index (κ2) is 2.78. The smallest absolute Gasteiger partial charge is 0.309 e. The fourth-order valence-corrected chi connectivity index (χ4v) is 1.68. The standard InChI is InChI=1S/C5H8BrN3O2/c1-7-3-4(6)5(8(7)2)9(10)11/h3,5H,1-2H3. The lowest BCUT2D eigenvalue weighted by Crippen LogP contribution is -2.40. The molecule has 0 fully saturated rings. The zero-order valence-corrected chi connectivity index (χ0v) is 7.78. The zero-order valence-electron chi connectivity index (χ0n) is 6.19. The van der Waals surface area contributed by atoms with Gasteiger partial charge in [0.15, 0.2) is 0 Å². The van der Waals surface area contributed by atoms with Crippen LogP contribution in [0.2, 0.25) is 0 Å². The van der Waals surface area contributed by atoms with E-state index in [1.807, 2.05) is 0 Å². The van der Waals surface area contributed by atoms with E-state index in [0.29, 0.717) is 4.48 Å². The zero-order chi connectivity index (χ0) is 8.59. The Morgan fingerprint density at radius 2 is 2.27 bits per heavy atom. The lowest BCUT2D eigenvalue weighted by molar-refractivity contribution is -0.541. The van der Waals surface area contributed by atoms with Crippen molar-refractivity contribution in [2.24, 2.45) is 0 Å². The average Bonchev–Trinajstić information content (AvgIpc) is 2.07. The van der Waals surface area contributed by atoms with Gasteiger partial charge in [-0.1, -0.05) is 0 Å². The van der Waals surface area contributed by atoms with Crippen molar-refractivity contribution < 1.29 is 4.92 Å². The van der Waals surface area contributed by atoms with Crippen molar-refractivity contribution in [3.63, 3.8) is 0 Å². The molecular weight excluding hydrogens is 214 g/mol. The Kier molecular flexibility index (Phi) is 2.15. The molecule has 0 radical (unpaired) electrons. The Morgan fingerprint density at radius 1 is 1.73 bits per heavy atom. The molecule has 0 bridgehead atoms. The first-order valence-corrected chi connectivity index (χ1v) is 3.79. The second-order valence-corrected chi connectivity index (χ2v) is 3.24. The number of likely N-dealkylation sites (N-methyl/N-ethyl adjacent to an activating group) is 1. The highest BCUT2D eigenvalue weighted by Crippen LogP contribution is 2.24. The normalized spacial score (nSPS) is 25.5. The Balaban J connectivity index is 2.83. The van der Waals surface area contributed by atoms with Gasteiger partial charge in [-0.15, -0.1) is 0 Å². The van der Waals surface area contributed by atoms with Crippen LogP contribution in [0, 0.1) is 10.1 Å². The lowest BCUT2D eigenvalue weighted by Gasteiger charge is -2.20. The molecule has 1 aliphatic heterocycles. The minimum atomic E-state index is -0.764. The topological polar surface area (TPSA) is 49.6 Å². The van der Waals surface area contributed by atoms with Crippen molar-refractivity contribution >= 4 is 15.9 Å². The van der Waals surface area contributed by atoms with Gasteiger partial charge < -0.3 is 5.01 Å². The molecule has 1 heterocycles. The summed E-state index contributed by atoms with van der Waals surface area (Å²) < 4.78 is 0.576. The van der Waals surface area contributed by atoms with Crippen LogP contribution in [0.3, 0.4) is 0 Å². The number of nitrogens with zero attached hydrogens (tertiary/aromatic N) is 3. The summed E-state index contributed by atoms with van der Waals surface area (Å²) >= 11 is 3.12. The molecule has 0 saturated carbocycles. The number of hydrazine groups is 1. The summed E-state index contributed by atoms with van der Waals surface area (Å²) in [4.78, 5) is 10.1. The SMILES string of the molecule is CN1C=C(Br)C([N+](=O)[O-])N1C. The maximum absolute atomic E-state index is 10.4. The first-order valence-electron chi connectivity index (χ1n) is 3.00. The summed E-state index contributed by atoms with van der Waals surface area (Å²) in [6.07, 6.45) is 0.910. The van der Waals surface area contributed by atoms with Gasteiger partial charge in [-0.2, -0.15) is 5.01 Å². The number of halogens is 1. The van der Waals surface area contributed by atoms with Crippen molar-refractivity contribution in [3.8, 4) is 0 Å². The van der Waals surface area contributed by atoms with E-state index < -0.39 is 6.17 Å². The van der Waals surface area contributed by atoms with Crippen LogP contribution in [0.4, 0.5) is 0 Å². The van der Waals surface area contributed by atoms with Crippen LogP contribution in [0.5, 0.6) is 0 Å². The Hall–Kier alpha value is -0.620. The van der Waals surface area contributed by atoms with E-state index in [2.05, 4.69) is 15.9 Å². The van der Waals surface area contributed by atoms with Gasteiger partial charge in [-0.3, -0.25) is 10.1 Å². The Morgan fingerprint density at radius 3 is 2.45 bits per heavy atom. The third kappa shape index (κ3) is 1.36. The van der Waals surface area contributed by atoms with Crippen LogP contribution in [-0.2, 0) is 0 Å². The average molecular weight is 222 g/mol. The van der Waals surface area contributed by atoms with E-state index in [-0.39, 0.29) is 4.92 Å². The molecule has 0 aromatic carbocycles. The Labute approximate surface area is 72.5 Å². The van der Waals surface area contributed by atoms with Crippen molar-refractivity contribution in [2.45, 2.75) is 6.17 Å². The van der Waals surface area contributed by atoms with Gasteiger partial charge in [-0.25, -0.2) is 0 Å². The van der Waals surface area contributed by atoms with Gasteiger partial charge >= 0.3 is 6.17 Å². The highest BCUT2D eigenvalue weighted by Gasteiger charge is 2.36. The highest BCUT2D eigenvalue weighted by molar-refractivity contribution is 9.11. The molecule has 0 amide bonds. The number of rotatable bonds is 1. The second-order valence-electron chi connectivity index (χ2n) is 2.32. The first-order chi connectivity index (χ1) is 5.04. The van der Waals surface area contributed by atoms with Gasteiger partial charge in [0.2, 0.25) is 0 Å². The van der Waals surface area contributed by atoms with E-state index in [1.54, 1.807) is 25.3 Å². The monoisotopic (exact) mass is 221 g/mol. The number of hydrogen-bond donors (Lipinski definition) is 0. The van der Waals surface area contributed by atoms with E-state index in [4.69, 9.17) is 0 Å². The van der Waals surface area contributed by atoms with E-state index in [0.717, 1.165) is 0 Å². The molecule has 6 heteroatoms. The van der Waals surface area contributed by atoms with Gasteiger partial charge in [0, 0.05) is 25.2 Å². The van der Waals surface area contributed by atoms with Crippen molar-refractivity contribution in [1.82, 2.24) is 10.0 Å². The van der Waals surface area contributed by atoms with Gasteiger partial charge in [-0.05, 0) is 15.9 Å². The molecule has 1 aliphatic rings. The van der Waals surface area contributed by atoms with Crippen molar-refractivity contribution in [2.75, 3.05) is 14.1 Å². The summed E-state index contributed by atoms with van der Waals surface area (Å²) in [6.45, 7) is 0. The predicted molar refractivity (Wildman–Crippen MR) is 43.3 cm³/mol. The highest BCUT2D eigenvalue weighted by atomic mass is 79.9. The minimum Gasteiger partial charge on any atom is -0.309 e. The molecule has 0 saturated heterocycles. The van der Waals surface area contributed by atoms with Crippen LogP contribution in [0.15, 0.2) is 10.7 Å². The van der Waals surface area contributed by atoms with Crippen LogP contribution in [-0.4, -0.2) is 35.2 Å². The molecule has 1 rings (SSSR count). The summed E-state index contributed by atoms with van der Waals surface area (Å²) in [5.41, 5.74) is 0. The maximum atomic E-state index is 10.4. The fourth-order valence-electron chi connectivity index (χ4n) is 0.924. The first kappa shape index (κ1) is 8.48. The number of nitro groups is 1. The molecule has 0 spiro atoms. The quantitative estimate of drug-likeness (QED) is 0.482. The Bertz CT molecular complexity index is 218. The summed E-state index contributed by atoms with van der Waals surface area (Å²) in [5.74, 6) is 0. The molecule has 62 valence electrons. The van der Waals surface area contributed by atoms with Crippen LogP contribution >= 0.6 is 15.9 Å². The fraction of sp³-hybridized carbons (Fsp3) is 0.600. The van der Waals surface area contributed by atoms with Crippen LogP contribution in [0.25, 0.3) is 0 Å². The third-order valence-electron chi connectivity index (χ3n) is 1.61. The third-order valence-corrected chi connectivity index (χ3v) is 2.22. The molecule has 0 aliphatic carbocycles. The molecule has 1 unspecified atom stereocenters. The molecule has 1 atom stereocenters. The van der Waals surface area contributed by atoms with E-state index >= 15 is 0 Å². The van der Waals surface area contributed by atoms with Crippen LogP contribution < -0.4 is 0 Å². The summed E-state index contributed by atoms with van der Waals surface area (Å²) in [5, 5.41) is 13.6. The number of hydrogen-bond acceptors (Lipinski definition) is 4. The van der Waals surface area contributed by atoms with Gasteiger partial charge in [0.05, 0.1) is 0 Å². The van der Waals surface area contributed by atoms with E-state index in [1.165, 1.54) is 5.01 Å². The van der Waals surface area contributed by atoms with Crippen molar-refractivity contribution in [3.05, 3.63) is 20.8 Å². The summed E-state index contributed by atoms with van der Waals surface area (Å²) in [7, 11) is 3.42. The molecule has 5 nitrogen and oxygen atoms in total. The van der Waals surface area contributed by atoms with Gasteiger partial charge in [0.1, 0.15) is 4.48 Å². The van der Waals surface area contributed by atoms with Crippen LogP contribution in [0.1, 0.15) is 0 Å². The summed E-state index contributed by atoms with van der Waals surface area (Å²) in [6, 6.07) is 0. The maximum Gasteiger partial charge on any atom is 0.317 e. The molecule has 0 aromatic rings. The predicted octanol–water partition coefficient (Wildman–Crippen LogP) is 0.618. The van der Waals surface area contributed by atoms with Crippen molar-refractivity contribution in [1.29, 1.82) is 0 Å². The molecule has 0 aromatic heterocycles. The largest absolute Gasteiger partial charge is 0.317 e. The molecule has 11 heavy (non-hydrogen) atoms. The minimum absolute atomic E-state index is 0.343. The van der Waals surface area contributed by atoms with Gasteiger partial charge in [0.25, 0.3) is 0 Å². The van der Waals surface area contributed by atoms with E-state index in [9.17, 15) is 10.1 Å². The molecule has 0 N–H and O–H groups in total. The molecular formula is C5H8BrN3O2.